The first-order chi connectivity index (χ1) is 14.7. The first kappa shape index (κ1) is 18.9. The molecular formula is C26H27N3O. The topological polar surface area (TPSA) is 39.8 Å². The lowest BCUT2D eigenvalue weighted by Gasteiger charge is -2.08. The standard InChI is InChI=1S/C26H27N3O/c1-28-24-11-7-3-6-10-22(24)23-15-14-21(18-25(23)28)29-17-16-20(27-26(29)30)13-12-19-8-4-2-5-9-19/h2,4-5,8-9,14-18H,3,6-7,10-13H2,1H3. The summed E-state index contributed by atoms with van der Waals surface area (Å²) in [6.45, 7) is 0. The largest absolute Gasteiger partial charge is 0.352 e. The summed E-state index contributed by atoms with van der Waals surface area (Å²) in [6, 6.07) is 18.7. The Bertz CT molecular complexity index is 1250. The Morgan fingerprint density at radius 1 is 0.933 bits per heavy atom. The number of hydrogen-bond donors (Lipinski definition) is 0. The zero-order valence-electron chi connectivity index (χ0n) is 17.5. The van der Waals surface area contributed by atoms with Gasteiger partial charge in [0.05, 0.1) is 11.2 Å². The molecule has 0 unspecified atom stereocenters. The van der Waals surface area contributed by atoms with E-state index in [2.05, 4.69) is 46.9 Å². The van der Waals surface area contributed by atoms with Crippen molar-refractivity contribution in [3.63, 3.8) is 0 Å². The number of aryl methyl sites for hydroxylation is 4. The molecule has 0 saturated carbocycles. The summed E-state index contributed by atoms with van der Waals surface area (Å²) < 4.78 is 3.98. The molecule has 30 heavy (non-hydrogen) atoms. The van der Waals surface area contributed by atoms with E-state index in [1.54, 1.807) is 4.57 Å². The van der Waals surface area contributed by atoms with E-state index in [9.17, 15) is 4.79 Å². The van der Waals surface area contributed by atoms with Gasteiger partial charge in [0.1, 0.15) is 0 Å². The molecule has 4 heteroatoms. The Morgan fingerprint density at radius 2 is 1.77 bits per heavy atom. The smallest absolute Gasteiger partial charge is 0.347 e. The molecule has 0 spiro atoms. The lowest BCUT2D eigenvalue weighted by molar-refractivity contribution is 0.698. The van der Waals surface area contributed by atoms with Crippen molar-refractivity contribution in [3.8, 4) is 5.69 Å². The highest BCUT2D eigenvalue weighted by atomic mass is 16.1. The normalized spacial score (nSPS) is 13.9. The van der Waals surface area contributed by atoms with Crippen LogP contribution in [0, 0.1) is 0 Å². The van der Waals surface area contributed by atoms with Crippen molar-refractivity contribution in [2.24, 2.45) is 7.05 Å². The van der Waals surface area contributed by atoms with Crippen LogP contribution in [-0.4, -0.2) is 14.1 Å². The number of nitrogens with zero attached hydrogens (tertiary/aromatic N) is 3. The number of hydrogen-bond acceptors (Lipinski definition) is 2. The highest BCUT2D eigenvalue weighted by molar-refractivity contribution is 5.87. The van der Waals surface area contributed by atoms with Crippen LogP contribution in [0.4, 0.5) is 0 Å². The molecule has 0 radical (unpaired) electrons. The van der Waals surface area contributed by atoms with Crippen LogP contribution in [-0.2, 0) is 32.7 Å². The van der Waals surface area contributed by atoms with Crippen molar-refractivity contribution in [2.45, 2.75) is 44.9 Å². The van der Waals surface area contributed by atoms with Gasteiger partial charge in [-0.3, -0.25) is 4.57 Å². The minimum atomic E-state index is -0.212. The molecule has 0 N–H and O–H groups in total. The fourth-order valence-corrected chi connectivity index (χ4v) is 4.77. The van der Waals surface area contributed by atoms with Crippen LogP contribution in [0.2, 0.25) is 0 Å². The third-order valence-electron chi connectivity index (χ3n) is 6.41. The SMILES string of the molecule is Cn1c2c(c3ccc(-n4ccc(CCc5ccccc5)nc4=O)cc31)CCCCC2. The molecule has 5 rings (SSSR count). The summed E-state index contributed by atoms with van der Waals surface area (Å²) in [5.74, 6) is 0. The third kappa shape index (κ3) is 3.47. The molecule has 2 aromatic carbocycles. The summed E-state index contributed by atoms with van der Waals surface area (Å²) in [5, 5.41) is 1.33. The molecular weight excluding hydrogens is 370 g/mol. The molecule has 2 heterocycles. The Morgan fingerprint density at radius 3 is 2.60 bits per heavy atom. The Balaban J connectivity index is 1.45. The van der Waals surface area contributed by atoms with Crippen LogP contribution in [0.3, 0.4) is 0 Å². The van der Waals surface area contributed by atoms with Gasteiger partial charge in [-0.2, -0.15) is 4.98 Å². The van der Waals surface area contributed by atoms with Gasteiger partial charge in [-0.05, 0) is 67.9 Å². The number of fused-ring (bicyclic) bond motifs is 3. The summed E-state index contributed by atoms with van der Waals surface area (Å²) in [4.78, 5) is 17.1. The van der Waals surface area contributed by atoms with E-state index in [-0.39, 0.29) is 5.69 Å². The third-order valence-corrected chi connectivity index (χ3v) is 6.41. The van der Waals surface area contributed by atoms with Crippen LogP contribution < -0.4 is 5.69 Å². The van der Waals surface area contributed by atoms with Crippen molar-refractivity contribution in [1.29, 1.82) is 0 Å². The summed E-state index contributed by atoms with van der Waals surface area (Å²) in [5.41, 5.74) is 6.93. The molecule has 152 valence electrons. The highest BCUT2D eigenvalue weighted by Crippen LogP contribution is 2.31. The molecule has 1 aliphatic rings. The van der Waals surface area contributed by atoms with Gasteiger partial charge in [0, 0.05) is 30.0 Å². The maximum absolute atomic E-state index is 12.8. The van der Waals surface area contributed by atoms with Gasteiger partial charge in [-0.25, -0.2) is 4.79 Å². The van der Waals surface area contributed by atoms with E-state index in [0.29, 0.717) is 0 Å². The fourth-order valence-electron chi connectivity index (χ4n) is 4.77. The number of aromatic nitrogens is 3. The van der Waals surface area contributed by atoms with Crippen LogP contribution in [0.25, 0.3) is 16.6 Å². The Kier molecular flexibility index (Phi) is 4.99. The minimum absolute atomic E-state index is 0.212. The molecule has 4 aromatic rings. The highest BCUT2D eigenvalue weighted by Gasteiger charge is 2.17. The van der Waals surface area contributed by atoms with E-state index < -0.39 is 0 Å². The van der Waals surface area contributed by atoms with Crippen molar-refractivity contribution in [1.82, 2.24) is 14.1 Å². The van der Waals surface area contributed by atoms with Gasteiger partial charge in [0.15, 0.2) is 0 Å². The number of benzene rings is 2. The maximum atomic E-state index is 12.8. The lowest BCUT2D eigenvalue weighted by Crippen LogP contribution is -2.22. The monoisotopic (exact) mass is 397 g/mol. The molecule has 0 bridgehead atoms. The second-order valence-corrected chi connectivity index (χ2v) is 8.30. The Labute approximate surface area is 176 Å². The average molecular weight is 398 g/mol. The van der Waals surface area contributed by atoms with Crippen LogP contribution >= 0.6 is 0 Å². The second kappa shape index (κ2) is 7.94. The summed E-state index contributed by atoms with van der Waals surface area (Å²) in [6.07, 6.45) is 9.66. The average Bonchev–Trinajstić information content (AvgIpc) is 2.92. The molecule has 0 saturated heterocycles. The first-order valence-corrected chi connectivity index (χ1v) is 10.9. The van der Waals surface area contributed by atoms with E-state index in [1.165, 1.54) is 47.0 Å². The van der Waals surface area contributed by atoms with Gasteiger partial charge in [0.25, 0.3) is 0 Å². The van der Waals surface area contributed by atoms with E-state index in [0.717, 1.165) is 37.1 Å². The summed E-state index contributed by atoms with van der Waals surface area (Å²) in [7, 11) is 2.16. The zero-order valence-corrected chi connectivity index (χ0v) is 17.5. The lowest BCUT2D eigenvalue weighted by atomic mass is 10.1. The molecule has 4 nitrogen and oxygen atoms in total. The summed E-state index contributed by atoms with van der Waals surface area (Å²) >= 11 is 0. The molecule has 1 aliphatic carbocycles. The van der Waals surface area contributed by atoms with Gasteiger partial charge in [-0.1, -0.05) is 42.8 Å². The number of rotatable bonds is 4. The predicted octanol–water partition coefficient (Wildman–Crippen LogP) is 4.78. The first-order valence-electron chi connectivity index (χ1n) is 10.9. The quantitative estimate of drug-likeness (QED) is 0.465. The van der Waals surface area contributed by atoms with Gasteiger partial charge in [0.2, 0.25) is 0 Å². The second-order valence-electron chi connectivity index (χ2n) is 8.30. The van der Waals surface area contributed by atoms with Crippen molar-refractivity contribution < 1.29 is 0 Å². The van der Waals surface area contributed by atoms with Crippen molar-refractivity contribution in [2.75, 3.05) is 0 Å². The van der Waals surface area contributed by atoms with Crippen molar-refractivity contribution >= 4 is 10.9 Å². The van der Waals surface area contributed by atoms with E-state index in [1.807, 2.05) is 30.5 Å². The zero-order chi connectivity index (χ0) is 20.5. The molecule has 0 amide bonds. The fraction of sp³-hybridized carbons (Fsp3) is 0.308. The van der Waals surface area contributed by atoms with Crippen molar-refractivity contribution in [3.05, 3.63) is 93.8 Å². The van der Waals surface area contributed by atoms with Crippen LogP contribution in [0.1, 0.15) is 41.8 Å². The van der Waals surface area contributed by atoms with Gasteiger partial charge >= 0.3 is 5.69 Å². The van der Waals surface area contributed by atoms with E-state index >= 15 is 0 Å². The Hall–Kier alpha value is -3.14. The van der Waals surface area contributed by atoms with Crippen LogP contribution in [0.5, 0.6) is 0 Å². The van der Waals surface area contributed by atoms with Gasteiger partial charge < -0.3 is 4.57 Å². The van der Waals surface area contributed by atoms with E-state index in [4.69, 9.17) is 0 Å². The van der Waals surface area contributed by atoms with Gasteiger partial charge in [-0.15, -0.1) is 0 Å². The maximum Gasteiger partial charge on any atom is 0.352 e. The molecule has 0 fully saturated rings. The molecule has 2 aromatic heterocycles. The van der Waals surface area contributed by atoms with Crippen LogP contribution in [0.15, 0.2) is 65.6 Å². The molecule has 0 atom stereocenters. The molecule has 0 aliphatic heterocycles. The predicted molar refractivity (Wildman–Crippen MR) is 121 cm³/mol. The minimum Gasteiger partial charge on any atom is -0.347 e.